The van der Waals surface area contributed by atoms with Crippen molar-refractivity contribution in [1.82, 2.24) is 5.32 Å². The van der Waals surface area contributed by atoms with Gasteiger partial charge in [-0.2, -0.15) is 0 Å². The van der Waals surface area contributed by atoms with E-state index >= 15 is 0 Å². The van der Waals surface area contributed by atoms with Gasteiger partial charge in [0.05, 0.1) is 7.11 Å². The summed E-state index contributed by atoms with van der Waals surface area (Å²) < 4.78 is 4.88. The molecule has 15 heavy (non-hydrogen) atoms. The van der Waals surface area contributed by atoms with E-state index in [4.69, 9.17) is 4.74 Å². The fourth-order valence-corrected chi connectivity index (χ4v) is 1.89. The number of hydrogen-bond acceptors (Lipinski definition) is 3. The average molecular weight is 213 g/mol. The van der Waals surface area contributed by atoms with Gasteiger partial charge in [-0.05, 0) is 12.8 Å². The van der Waals surface area contributed by atoms with Crippen molar-refractivity contribution < 1.29 is 9.53 Å². The summed E-state index contributed by atoms with van der Waals surface area (Å²) in [5, 5.41) is 3.24. The zero-order valence-corrected chi connectivity index (χ0v) is 10.1. The number of ether oxygens (including phenoxy) is 1. The summed E-state index contributed by atoms with van der Waals surface area (Å²) in [4.78, 5) is 11.8. The zero-order chi connectivity index (χ0) is 11.7. The molecule has 0 bridgehead atoms. The molecule has 0 aromatic heterocycles. The van der Waals surface area contributed by atoms with E-state index in [1.54, 1.807) is 6.08 Å². The van der Waals surface area contributed by atoms with Gasteiger partial charge in [0.25, 0.3) is 0 Å². The molecule has 0 aliphatic carbocycles. The van der Waals surface area contributed by atoms with Crippen LogP contribution in [0.15, 0.2) is 12.7 Å². The second-order valence-electron chi connectivity index (χ2n) is 3.74. The van der Waals surface area contributed by atoms with Gasteiger partial charge in [-0.15, -0.1) is 6.58 Å². The topological polar surface area (TPSA) is 38.3 Å². The van der Waals surface area contributed by atoms with Crippen LogP contribution in [0.3, 0.4) is 0 Å². The number of methoxy groups -OCH3 is 1. The van der Waals surface area contributed by atoms with Gasteiger partial charge in [0, 0.05) is 6.54 Å². The molecule has 0 fully saturated rings. The number of hydrogen-bond donors (Lipinski definition) is 1. The van der Waals surface area contributed by atoms with Crippen molar-refractivity contribution in [2.45, 2.75) is 45.1 Å². The Hall–Kier alpha value is -0.830. The van der Waals surface area contributed by atoms with Crippen LogP contribution >= 0.6 is 0 Å². The molecule has 0 spiro atoms. The first-order valence-electron chi connectivity index (χ1n) is 5.61. The minimum Gasteiger partial charge on any atom is -0.468 e. The van der Waals surface area contributed by atoms with Crippen LogP contribution in [0.25, 0.3) is 0 Å². The summed E-state index contributed by atoms with van der Waals surface area (Å²) in [6, 6.07) is 0. The second-order valence-corrected chi connectivity index (χ2v) is 3.74. The lowest BCUT2D eigenvalue weighted by atomic mass is 9.88. The van der Waals surface area contributed by atoms with Gasteiger partial charge >= 0.3 is 5.97 Å². The van der Waals surface area contributed by atoms with Gasteiger partial charge in [0.1, 0.15) is 5.54 Å². The Kier molecular flexibility index (Phi) is 7.05. The quantitative estimate of drug-likeness (QED) is 0.496. The van der Waals surface area contributed by atoms with Crippen molar-refractivity contribution in [3.63, 3.8) is 0 Å². The average Bonchev–Trinajstić information content (AvgIpc) is 2.25. The first kappa shape index (κ1) is 14.2. The minimum absolute atomic E-state index is 0.159. The third kappa shape index (κ3) is 4.04. The van der Waals surface area contributed by atoms with Crippen molar-refractivity contribution in [1.29, 1.82) is 0 Å². The Morgan fingerprint density at radius 1 is 1.40 bits per heavy atom. The summed E-state index contributed by atoms with van der Waals surface area (Å²) in [6.07, 6.45) is 5.30. The van der Waals surface area contributed by atoms with Crippen LogP contribution in [0.4, 0.5) is 0 Å². The minimum atomic E-state index is -0.521. The molecule has 88 valence electrons. The maximum absolute atomic E-state index is 11.8. The lowest BCUT2D eigenvalue weighted by molar-refractivity contribution is -0.149. The Morgan fingerprint density at radius 3 is 2.27 bits per heavy atom. The van der Waals surface area contributed by atoms with Gasteiger partial charge in [-0.25, -0.2) is 0 Å². The zero-order valence-electron chi connectivity index (χ0n) is 10.1. The van der Waals surface area contributed by atoms with Gasteiger partial charge in [-0.1, -0.05) is 32.8 Å². The SMILES string of the molecule is C=CCNC(CCC)(CCC)C(=O)OC. The number of esters is 1. The summed E-state index contributed by atoms with van der Waals surface area (Å²) >= 11 is 0. The molecular formula is C12H23NO2. The molecule has 0 unspecified atom stereocenters. The Bertz CT molecular complexity index is 196. The molecule has 3 heteroatoms. The van der Waals surface area contributed by atoms with Crippen LogP contribution in [0, 0.1) is 0 Å². The van der Waals surface area contributed by atoms with Gasteiger partial charge in [0.15, 0.2) is 0 Å². The predicted molar refractivity (Wildman–Crippen MR) is 62.8 cm³/mol. The summed E-state index contributed by atoms with van der Waals surface area (Å²) in [6.45, 7) is 8.43. The van der Waals surface area contributed by atoms with Crippen LogP contribution in [-0.2, 0) is 9.53 Å². The van der Waals surface area contributed by atoms with E-state index in [9.17, 15) is 4.79 Å². The van der Waals surface area contributed by atoms with Crippen LogP contribution in [0.1, 0.15) is 39.5 Å². The first-order valence-corrected chi connectivity index (χ1v) is 5.61. The largest absolute Gasteiger partial charge is 0.468 e. The van der Waals surface area contributed by atoms with E-state index in [-0.39, 0.29) is 5.97 Å². The number of carbonyl (C=O) groups is 1. The third-order valence-electron chi connectivity index (χ3n) is 2.51. The van der Waals surface area contributed by atoms with Crippen LogP contribution in [0.2, 0.25) is 0 Å². The molecule has 3 nitrogen and oxygen atoms in total. The number of carbonyl (C=O) groups excluding carboxylic acids is 1. The van der Waals surface area contributed by atoms with E-state index in [2.05, 4.69) is 25.7 Å². The molecule has 0 rings (SSSR count). The fraction of sp³-hybridized carbons (Fsp3) is 0.750. The smallest absolute Gasteiger partial charge is 0.326 e. The van der Waals surface area contributed by atoms with Crippen LogP contribution < -0.4 is 5.32 Å². The lowest BCUT2D eigenvalue weighted by Gasteiger charge is -2.31. The number of rotatable bonds is 8. The third-order valence-corrected chi connectivity index (χ3v) is 2.51. The van der Waals surface area contributed by atoms with E-state index in [0.717, 1.165) is 25.7 Å². The van der Waals surface area contributed by atoms with Gasteiger partial charge in [0.2, 0.25) is 0 Å². The molecule has 0 aromatic rings. The van der Waals surface area contributed by atoms with Crippen molar-refractivity contribution in [2.24, 2.45) is 0 Å². The molecule has 0 amide bonds. The van der Waals surface area contributed by atoms with Crippen LogP contribution in [0.5, 0.6) is 0 Å². The molecule has 0 aliphatic heterocycles. The Balaban J connectivity index is 4.69. The fourth-order valence-electron chi connectivity index (χ4n) is 1.89. The lowest BCUT2D eigenvalue weighted by Crippen LogP contribution is -2.52. The maximum atomic E-state index is 11.8. The van der Waals surface area contributed by atoms with Gasteiger partial charge in [-0.3, -0.25) is 10.1 Å². The molecule has 0 aromatic carbocycles. The van der Waals surface area contributed by atoms with E-state index in [0.29, 0.717) is 6.54 Å². The van der Waals surface area contributed by atoms with Crippen LogP contribution in [-0.4, -0.2) is 25.2 Å². The van der Waals surface area contributed by atoms with E-state index < -0.39 is 5.54 Å². The summed E-state index contributed by atoms with van der Waals surface area (Å²) in [7, 11) is 1.44. The maximum Gasteiger partial charge on any atom is 0.326 e. The van der Waals surface area contributed by atoms with Crippen molar-refractivity contribution in [2.75, 3.05) is 13.7 Å². The monoisotopic (exact) mass is 213 g/mol. The van der Waals surface area contributed by atoms with Gasteiger partial charge < -0.3 is 4.74 Å². The Labute approximate surface area is 92.9 Å². The normalized spacial score (nSPS) is 11.1. The predicted octanol–water partition coefficient (Wildman–Crippen LogP) is 2.27. The molecule has 0 radical (unpaired) electrons. The summed E-state index contributed by atoms with van der Waals surface area (Å²) in [5.74, 6) is -0.159. The number of nitrogens with one attached hydrogen (secondary N) is 1. The standard InChI is InChI=1S/C12H23NO2/c1-5-8-12(9-6-2,11(14)15-4)13-10-7-3/h7,13H,3,5-6,8-10H2,1-2,4H3. The van der Waals surface area contributed by atoms with Crippen molar-refractivity contribution in [3.8, 4) is 0 Å². The highest BCUT2D eigenvalue weighted by atomic mass is 16.5. The molecular weight excluding hydrogens is 190 g/mol. The second kappa shape index (κ2) is 7.46. The molecule has 1 N–H and O–H groups in total. The molecule has 0 atom stereocenters. The van der Waals surface area contributed by atoms with Crippen molar-refractivity contribution >= 4 is 5.97 Å². The highest BCUT2D eigenvalue weighted by Crippen LogP contribution is 2.21. The van der Waals surface area contributed by atoms with Crippen molar-refractivity contribution in [3.05, 3.63) is 12.7 Å². The highest BCUT2D eigenvalue weighted by molar-refractivity contribution is 5.80. The highest BCUT2D eigenvalue weighted by Gasteiger charge is 2.36. The molecule has 0 saturated heterocycles. The molecule has 0 heterocycles. The van der Waals surface area contributed by atoms with E-state index in [1.807, 2.05) is 0 Å². The Morgan fingerprint density at radius 2 is 1.93 bits per heavy atom. The summed E-state index contributed by atoms with van der Waals surface area (Å²) in [5.41, 5.74) is -0.521. The molecule has 0 saturated carbocycles. The van der Waals surface area contributed by atoms with E-state index in [1.165, 1.54) is 7.11 Å². The molecule has 0 aliphatic rings. The first-order chi connectivity index (χ1) is 7.16.